The smallest absolute Gasteiger partial charge is 0.272 e. The lowest BCUT2D eigenvalue weighted by Crippen LogP contribution is -2.11. The van der Waals surface area contributed by atoms with Crippen LogP contribution in [0, 0.1) is 0 Å². The third kappa shape index (κ3) is 2.46. The normalized spacial score (nSPS) is 10.1. The Morgan fingerprint density at radius 1 is 1.25 bits per heavy atom. The van der Waals surface area contributed by atoms with Crippen molar-refractivity contribution < 1.29 is 4.79 Å². The molecule has 82 valence electrons. The highest BCUT2D eigenvalue weighted by Crippen LogP contribution is 2.17. The first-order valence-corrected chi connectivity index (χ1v) is 6.11. The highest BCUT2D eigenvalue weighted by molar-refractivity contribution is 7.98. The summed E-state index contributed by atoms with van der Waals surface area (Å²) in [6.45, 7) is 0. The van der Waals surface area contributed by atoms with Gasteiger partial charge in [0.25, 0.3) is 5.91 Å². The molecule has 4 heteroatoms. The van der Waals surface area contributed by atoms with Crippen molar-refractivity contribution in [1.82, 2.24) is 4.98 Å². The van der Waals surface area contributed by atoms with Gasteiger partial charge in [0, 0.05) is 16.8 Å². The summed E-state index contributed by atoms with van der Waals surface area (Å²) in [4.78, 5) is 15.7. The molecule has 16 heavy (non-hydrogen) atoms. The molecule has 0 spiro atoms. The monoisotopic (exact) mass is 232 g/mol. The average molecular weight is 232 g/mol. The van der Waals surface area contributed by atoms with Crippen molar-refractivity contribution in [3.05, 3.63) is 48.3 Å². The van der Waals surface area contributed by atoms with Gasteiger partial charge < -0.3 is 10.3 Å². The number of hydrogen-bond acceptors (Lipinski definition) is 2. The van der Waals surface area contributed by atoms with E-state index in [0.29, 0.717) is 5.69 Å². The van der Waals surface area contributed by atoms with E-state index in [-0.39, 0.29) is 5.91 Å². The number of aromatic nitrogens is 1. The lowest BCUT2D eigenvalue weighted by atomic mass is 10.3. The number of thioether (sulfide) groups is 1. The van der Waals surface area contributed by atoms with Gasteiger partial charge in [-0.15, -0.1) is 11.8 Å². The van der Waals surface area contributed by atoms with Crippen LogP contribution in [-0.4, -0.2) is 17.1 Å². The zero-order valence-corrected chi connectivity index (χ0v) is 9.67. The van der Waals surface area contributed by atoms with Crippen LogP contribution in [0.1, 0.15) is 10.5 Å². The fraction of sp³-hybridized carbons (Fsp3) is 0.0833. The van der Waals surface area contributed by atoms with Gasteiger partial charge >= 0.3 is 0 Å². The third-order valence-corrected chi connectivity index (χ3v) is 2.93. The molecule has 0 saturated carbocycles. The van der Waals surface area contributed by atoms with Crippen molar-refractivity contribution in [3.63, 3.8) is 0 Å². The van der Waals surface area contributed by atoms with E-state index in [1.165, 1.54) is 4.90 Å². The molecule has 0 unspecified atom stereocenters. The van der Waals surface area contributed by atoms with Gasteiger partial charge in [-0.2, -0.15) is 0 Å². The minimum Gasteiger partial charge on any atom is -0.357 e. The molecule has 1 heterocycles. The standard InChI is InChI=1S/C12H12N2OS/c1-16-10-6-4-9(5-7-10)14-12(15)11-3-2-8-13-11/h2-8,13H,1H3,(H,14,15). The molecule has 0 aliphatic carbocycles. The van der Waals surface area contributed by atoms with Gasteiger partial charge in [-0.3, -0.25) is 4.79 Å². The molecule has 2 rings (SSSR count). The summed E-state index contributed by atoms with van der Waals surface area (Å²) in [5.41, 5.74) is 1.37. The minimum absolute atomic E-state index is 0.123. The van der Waals surface area contributed by atoms with E-state index in [1.807, 2.05) is 30.5 Å². The van der Waals surface area contributed by atoms with Crippen LogP contribution in [-0.2, 0) is 0 Å². The topological polar surface area (TPSA) is 44.9 Å². The van der Waals surface area contributed by atoms with Crippen LogP contribution in [0.25, 0.3) is 0 Å². The molecule has 0 aliphatic rings. The van der Waals surface area contributed by atoms with Crippen LogP contribution in [0.2, 0.25) is 0 Å². The molecule has 0 aliphatic heterocycles. The van der Waals surface area contributed by atoms with E-state index < -0.39 is 0 Å². The van der Waals surface area contributed by atoms with Gasteiger partial charge in [-0.25, -0.2) is 0 Å². The van der Waals surface area contributed by atoms with Crippen molar-refractivity contribution >= 4 is 23.4 Å². The van der Waals surface area contributed by atoms with Crippen molar-refractivity contribution in [2.75, 3.05) is 11.6 Å². The molecule has 1 aromatic heterocycles. The van der Waals surface area contributed by atoms with Crippen LogP contribution in [0.15, 0.2) is 47.5 Å². The van der Waals surface area contributed by atoms with Crippen molar-refractivity contribution in [2.45, 2.75) is 4.90 Å². The van der Waals surface area contributed by atoms with Gasteiger partial charge in [0.05, 0.1) is 0 Å². The second-order valence-corrected chi connectivity index (χ2v) is 4.15. The van der Waals surface area contributed by atoms with Gasteiger partial charge in [-0.05, 0) is 42.7 Å². The molecular formula is C12H12N2OS. The first-order valence-electron chi connectivity index (χ1n) is 4.88. The summed E-state index contributed by atoms with van der Waals surface area (Å²) in [6.07, 6.45) is 3.75. The molecule has 0 saturated heterocycles. The fourth-order valence-corrected chi connectivity index (χ4v) is 1.75. The summed E-state index contributed by atoms with van der Waals surface area (Å²) >= 11 is 1.68. The number of carbonyl (C=O) groups excluding carboxylic acids is 1. The average Bonchev–Trinajstić information content (AvgIpc) is 2.83. The summed E-state index contributed by atoms with van der Waals surface area (Å²) in [5.74, 6) is -0.123. The largest absolute Gasteiger partial charge is 0.357 e. The molecular weight excluding hydrogens is 220 g/mol. The maximum absolute atomic E-state index is 11.7. The molecule has 2 aromatic rings. The van der Waals surface area contributed by atoms with E-state index in [1.54, 1.807) is 30.1 Å². The number of carbonyl (C=O) groups is 1. The van der Waals surface area contributed by atoms with E-state index in [4.69, 9.17) is 0 Å². The van der Waals surface area contributed by atoms with Crippen molar-refractivity contribution in [1.29, 1.82) is 0 Å². The summed E-state index contributed by atoms with van der Waals surface area (Å²) in [5, 5.41) is 2.82. The minimum atomic E-state index is -0.123. The Hall–Kier alpha value is -1.68. The molecule has 1 amide bonds. The fourth-order valence-electron chi connectivity index (χ4n) is 1.34. The molecule has 2 N–H and O–H groups in total. The second kappa shape index (κ2) is 4.90. The predicted molar refractivity (Wildman–Crippen MR) is 67.0 cm³/mol. The van der Waals surface area contributed by atoms with Crippen molar-refractivity contribution in [3.8, 4) is 0 Å². The third-order valence-electron chi connectivity index (χ3n) is 2.19. The van der Waals surface area contributed by atoms with Crippen LogP contribution < -0.4 is 5.32 Å². The summed E-state index contributed by atoms with van der Waals surface area (Å²) in [7, 11) is 0. The number of hydrogen-bond donors (Lipinski definition) is 2. The van der Waals surface area contributed by atoms with E-state index in [0.717, 1.165) is 5.69 Å². The van der Waals surface area contributed by atoms with Gasteiger partial charge in [0.2, 0.25) is 0 Å². The first kappa shape index (κ1) is 10.8. The molecule has 0 fully saturated rings. The van der Waals surface area contributed by atoms with Crippen molar-refractivity contribution in [2.24, 2.45) is 0 Å². The van der Waals surface area contributed by atoms with Crippen LogP contribution >= 0.6 is 11.8 Å². The Labute approximate surface area is 98.3 Å². The number of H-pyrrole nitrogens is 1. The first-order chi connectivity index (χ1) is 7.79. The highest BCUT2D eigenvalue weighted by Gasteiger charge is 2.05. The Morgan fingerprint density at radius 3 is 2.56 bits per heavy atom. The maximum atomic E-state index is 11.7. The lowest BCUT2D eigenvalue weighted by molar-refractivity contribution is 0.102. The maximum Gasteiger partial charge on any atom is 0.272 e. The highest BCUT2D eigenvalue weighted by atomic mass is 32.2. The van der Waals surface area contributed by atoms with Gasteiger partial charge in [0.15, 0.2) is 0 Å². The Balaban J connectivity index is 2.06. The number of benzene rings is 1. The van der Waals surface area contributed by atoms with E-state index >= 15 is 0 Å². The summed E-state index contributed by atoms with van der Waals surface area (Å²) in [6, 6.07) is 11.3. The zero-order valence-electron chi connectivity index (χ0n) is 8.86. The Morgan fingerprint density at radius 2 is 2.00 bits per heavy atom. The molecule has 0 bridgehead atoms. The Bertz CT molecular complexity index is 462. The number of amides is 1. The zero-order chi connectivity index (χ0) is 11.4. The van der Waals surface area contributed by atoms with Crippen LogP contribution in [0.5, 0.6) is 0 Å². The van der Waals surface area contributed by atoms with Gasteiger partial charge in [-0.1, -0.05) is 0 Å². The van der Waals surface area contributed by atoms with Crippen LogP contribution in [0.3, 0.4) is 0 Å². The number of aromatic amines is 1. The molecule has 0 atom stereocenters. The van der Waals surface area contributed by atoms with E-state index in [2.05, 4.69) is 10.3 Å². The molecule has 1 aromatic carbocycles. The predicted octanol–water partition coefficient (Wildman–Crippen LogP) is 2.99. The lowest BCUT2D eigenvalue weighted by Gasteiger charge is -2.04. The van der Waals surface area contributed by atoms with Gasteiger partial charge in [0.1, 0.15) is 5.69 Å². The Kier molecular flexibility index (Phi) is 3.31. The molecule has 3 nitrogen and oxygen atoms in total. The van der Waals surface area contributed by atoms with Crippen LogP contribution in [0.4, 0.5) is 5.69 Å². The number of nitrogens with one attached hydrogen (secondary N) is 2. The number of anilines is 1. The summed E-state index contributed by atoms with van der Waals surface area (Å²) < 4.78 is 0. The SMILES string of the molecule is CSc1ccc(NC(=O)c2ccc[nH]2)cc1. The molecule has 0 radical (unpaired) electrons. The quantitative estimate of drug-likeness (QED) is 0.799. The van der Waals surface area contributed by atoms with E-state index in [9.17, 15) is 4.79 Å². The second-order valence-electron chi connectivity index (χ2n) is 3.27. The number of rotatable bonds is 3.